The highest BCUT2D eigenvalue weighted by molar-refractivity contribution is 5.71. The summed E-state index contributed by atoms with van der Waals surface area (Å²) in [6.45, 7) is 11.5. The van der Waals surface area contributed by atoms with E-state index in [1.165, 1.54) is 6.42 Å². The van der Waals surface area contributed by atoms with Crippen LogP contribution in [0.3, 0.4) is 0 Å². The van der Waals surface area contributed by atoms with E-state index in [9.17, 15) is 4.79 Å². The fraction of sp³-hybridized carbons (Fsp3) is 0.933. The molecule has 1 saturated carbocycles. The zero-order chi connectivity index (χ0) is 14.0. The Morgan fingerprint density at radius 1 is 1.11 bits per heavy atom. The van der Waals surface area contributed by atoms with Crippen LogP contribution in [0.25, 0.3) is 0 Å². The lowest BCUT2D eigenvalue weighted by Gasteiger charge is -2.51. The van der Waals surface area contributed by atoms with Crippen LogP contribution in [0.5, 0.6) is 0 Å². The fourth-order valence-corrected chi connectivity index (χ4v) is 4.19. The number of ether oxygens (including phenoxy) is 1. The van der Waals surface area contributed by atoms with Gasteiger partial charge in [0, 0.05) is 5.54 Å². The van der Waals surface area contributed by atoms with Crippen LogP contribution in [-0.4, -0.2) is 25.2 Å². The number of carbonyl (C=O) groups excluding carboxylic acids is 1. The second-order valence-electron chi connectivity index (χ2n) is 7.37. The van der Waals surface area contributed by atoms with Crippen molar-refractivity contribution in [1.29, 1.82) is 0 Å². The molecule has 0 aromatic rings. The number of nitrogens with one attached hydrogen (secondary N) is 1. The van der Waals surface area contributed by atoms with Crippen LogP contribution in [-0.2, 0) is 9.53 Å². The quantitative estimate of drug-likeness (QED) is 0.784. The van der Waals surface area contributed by atoms with E-state index in [4.69, 9.17) is 4.74 Å². The van der Waals surface area contributed by atoms with Gasteiger partial charge in [-0.05, 0) is 44.1 Å². The Labute approximate surface area is 112 Å². The van der Waals surface area contributed by atoms with Crippen LogP contribution in [0.1, 0.15) is 60.3 Å². The van der Waals surface area contributed by atoms with Crippen LogP contribution < -0.4 is 5.32 Å². The molecule has 1 N–H and O–H groups in total. The first-order valence-corrected chi connectivity index (χ1v) is 6.98. The van der Waals surface area contributed by atoms with Gasteiger partial charge in [-0.2, -0.15) is 0 Å². The van der Waals surface area contributed by atoms with Crippen LogP contribution in [0.2, 0.25) is 0 Å². The summed E-state index contributed by atoms with van der Waals surface area (Å²) in [4.78, 5) is 11.8. The third-order valence-electron chi connectivity index (χ3n) is 3.91. The molecular weight excluding hydrogens is 226 g/mol. The zero-order valence-electron chi connectivity index (χ0n) is 12.9. The molecule has 0 amide bonds. The lowest BCUT2D eigenvalue weighted by Crippen LogP contribution is -2.55. The maximum atomic E-state index is 11.8. The summed E-state index contributed by atoms with van der Waals surface area (Å²) < 4.78 is 5.13. The summed E-state index contributed by atoms with van der Waals surface area (Å²) >= 11 is 0. The van der Waals surface area contributed by atoms with E-state index >= 15 is 0 Å². The Morgan fingerprint density at radius 3 is 2.00 bits per heavy atom. The SMILES string of the molecule is CCOC(=O)CC1(NC)CC(C)(C)CC(C)(C)C1. The molecule has 0 saturated heterocycles. The molecule has 0 aromatic heterocycles. The van der Waals surface area contributed by atoms with E-state index in [0.29, 0.717) is 13.0 Å². The molecule has 0 heterocycles. The highest BCUT2D eigenvalue weighted by Crippen LogP contribution is 2.51. The molecule has 0 bridgehead atoms. The normalized spacial score (nSPS) is 24.6. The number of hydrogen-bond donors (Lipinski definition) is 1. The average Bonchev–Trinajstić information content (AvgIpc) is 2.12. The Balaban J connectivity index is 2.88. The minimum Gasteiger partial charge on any atom is -0.466 e. The summed E-state index contributed by atoms with van der Waals surface area (Å²) in [7, 11) is 1.97. The van der Waals surface area contributed by atoms with Gasteiger partial charge in [0.1, 0.15) is 0 Å². The summed E-state index contributed by atoms with van der Waals surface area (Å²) in [5, 5.41) is 3.42. The van der Waals surface area contributed by atoms with Gasteiger partial charge in [0.25, 0.3) is 0 Å². The highest BCUT2D eigenvalue weighted by atomic mass is 16.5. The zero-order valence-corrected chi connectivity index (χ0v) is 12.9. The first-order valence-electron chi connectivity index (χ1n) is 6.98. The van der Waals surface area contributed by atoms with Gasteiger partial charge < -0.3 is 10.1 Å². The predicted octanol–water partition coefficient (Wildman–Crippen LogP) is 3.13. The molecule has 0 aliphatic heterocycles. The molecular formula is C15H29NO2. The number of hydrogen-bond acceptors (Lipinski definition) is 3. The lowest BCUT2D eigenvalue weighted by molar-refractivity contribution is -0.146. The molecule has 0 atom stereocenters. The van der Waals surface area contributed by atoms with Gasteiger partial charge in [-0.3, -0.25) is 4.79 Å². The van der Waals surface area contributed by atoms with Crippen molar-refractivity contribution >= 4 is 5.97 Å². The molecule has 0 aromatic carbocycles. The van der Waals surface area contributed by atoms with Gasteiger partial charge in [0.15, 0.2) is 0 Å². The largest absolute Gasteiger partial charge is 0.466 e. The molecule has 106 valence electrons. The first kappa shape index (κ1) is 15.5. The number of rotatable bonds is 4. The topological polar surface area (TPSA) is 38.3 Å². The summed E-state index contributed by atoms with van der Waals surface area (Å²) in [6, 6.07) is 0. The molecule has 18 heavy (non-hydrogen) atoms. The maximum absolute atomic E-state index is 11.8. The second-order valence-corrected chi connectivity index (χ2v) is 7.37. The fourth-order valence-electron chi connectivity index (χ4n) is 4.19. The van der Waals surface area contributed by atoms with Gasteiger partial charge in [0.05, 0.1) is 13.0 Å². The van der Waals surface area contributed by atoms with E-state index in [1.54, 1.807) is 0 Å². The third kappa shape index (κ3) is 3.98. The average molecular weight is 255 g/mol. The minimum atomic E-state index is -0.114. The van der Waals surface area contributed by atoms with Gasteiger partial charge in [-0.25, -0.2) is 0 Å². The Kier molecular flexibility index (Phi) is 4.47. The molecule has 0 unspecified atom stereocenters. The summed E-state index contributed by atoms with van der Waals surface area (Å²) in [5.41, 5.74) is 0.409. The van der Waals surface area contributed by atoms with Crippen molar-refractivity contribution in [1.82, 2.24) is 5.32 Å². The number of carbonyl (C=O) groups is 1. The van der Waals surface area contributed by atoms with Crippen molar-refractivity contribution in [3.05, 3.63) is 0 Å². The van der Waals surface area contributed by atoms with Crippen LogP contribution >= 0.6 is 0 Å². The van der Waals surface area contributed by atoms with Crippen molar-refractivity contribution in [3.8, 4) is 0 Å². The summed E-state index contributed by atoms with van der Waals surface area (Å²) in [6.07, 6.45) is 3.73. The molecule has 0 radical (unpaired) electrons. The van der Waals surface area contributed by atoms with Gasteiger partial charge in [0.2, 0.25) is 0 Å². The van der Waals surface area contributed by atoms with Crippen molar-refractivity contribution in [2.45, 2.75) is 65.8 Å². The maximum Gasteiger partial charge on any atom is 0.307 e. The van der Waals surface area contributed by atoms with E-state index < -0.39 is 0 Å². The van der Waals surface area contributed by atoms with Crippen LogP contribution in [0.15, 0.2) is 0 Å². The Hall–Kier alpha value is -0.570. The van der Waals surface area contributed by atoms with Crippen molar-refractivity contribution < 1.29 is 9.53 Å². The standard InChI is InChI=1S/C15H29NO2/c1-7-18-12(17)8-15(16-6)10-13(2,3)9-14(4,5)11-15/h16H,7-11H2,1-6H3. The number of esters is 1. The van der Waals surface area contributed by atoms with E-state index in [1.807, 2.05) is 14.0 Å². The molecule has 1 fully saturated rings. The monoisotopic (exact) mass is 255 g/mol. The van der Waals surface area contributed by atoms with Crippen molar-refractivity contribution in [3.63, 3.8) is 0 Å². The highest BCUT2D eigenvalue weighted by Gasteiger charge is 2.47. The predicted molar refractivity (Wildman–Crippen MR) is 74.5 cm³/mol. The van der Waals surface area contributed by atoms with Crippen molar-refractivity contribution in [2.24, 2.45) is 10.8 Å². The molecule has 3 nitrogen and oxygen atoms in total. The van der Waals surface area contributed by atoms with Crippen molar-refractivity contribution in [2.75, 3.05) is 13.7 Å². The molecule has 1 aliphatic carbocycles. The minimum absolute atomic E-state index is 0.0830. The molecule has 0 spiro atoms. The van der Waals surface area contributed by atoms with Gasteiger partial charge in [-0.15, -0.1) is 0 Å². The molecule has 1 aliphatic rings. The van der Waals surface area contributed by atoms with Crippen LogP contribution in [0.4, 0.5) is 0 Å². The smallest absolute Gasteiger partial charge is 0.307 e. The van der Waals surface area contributed by atoms with E-state index in [2.05, 4.69) is 33.0 Å². The van der Waals surface area contributed by atoms with Gasteiger partial charge in [-0.1, -0.05) is 27.7 Å². The Morgan fingerprint density at radius 2 is 1.61 bits per heavy atom. The van der Waals surface area contributed by atoms with Gasteiger partial charge >= 0.3 is 5.97 Å². The molecule has 1 rings (SSSR count). The third-order valence-corrected chi connectivity index (χ3v) is 3.91. The van der Waals surface area contributed by atoms with E-state index in [0.717, 1.165) is 12.8 Å². The Bertz CT molecular complexity index is 292. The lowest BCUT2D eigenvalue weighted by atomic mass is 9.57. The summed E-state index contributed by atoms with van der Waals surface area (Å²) in [5.74, 6) is -0.0830. The second kappa shape index (κ2) is 5.20. The van der Waals surface area contributed by atoms with Crippen LogP contribution in [0, 0.1) is 10.8 Å². The first-order chi connectivity index (χ1) is 8.14. The molecule has 3 heteroatoms. The van der Waals surface area contributed by atoms with E-state index in [-0.39, 0.29) is 22.3 Å².